The maximum atomic E-state index is 12.3. The van der Waals surface area contributed by atoms with E-state index in [0.29, 0.717) is 28.4 Å². The summed E-state index contributed by atoms with van der Waals surface area (Å²) in [6.45, 7) is 1.52. The van der Waals surface area contributed by atoms with E-state index in [0.717, 1.165) is 0 Å². The number of nitrogens with zero attached hydrogens (tertiary/aromatic N) is 2. The molecule has 0 fully saturated rings. The third kappa shape index (κ3) is 6.63. The molecule has 0 radical (unpaired) electrons. The third-order valence-corrected chi connectivity index (χ3v) is 4.51. The second kappa shape index (κ2) is 11.2. The second-order valence-electron chi connectivity index (χ2n) is 6.94. The number of hydrogen-bond acceptors (Lipinski definition) is 8. The summed E-state index contributed by atoms with van der Waals surface area (Å²) in [5.41, 5.74) is 3.23. The Balaban J connectivity index is 1.53. The van der Waals surface area contributed by atoms with Crippen LogP contribution in [0.1, 0.15) is 22.8 Å². The van der Waals surface area contributed by atoms with Gasteiger partial charge < -0.3 is 14.2 Å². The summed E-state index contributed by atoms with van der Waals surface area (Å²) in [6.07, 6.45) is 0.497. The Kier molecular flexibility index (Phi) is 7.90. The summed E-state index contributed by atoms with van der Waals surface area (Å²) < 4.78 is 15.9. The van der Waals surface area contributed by atoms with Crippen LogP contribution in [-0.4, -0.2) is 36.2 Å². The summed E-state index contributed by atoms with van der Waals surface area (Å²) in [7, 11) is 1.54. The predicted molar refractivity (Wildman–Crippen MR) is 123 cm³/mol. The minimum Gasteiger partial charge on any atom is -0.497 e. The van der Waals surface area contributed by atoms with E-state index in [1.165, 1.54) is 44.5 Å². The molecule has 0 heterocycles. The Morgan fingerprint density at radius 2 is 1.68 bits per heavy atom. The van der Waals surface area contributed by atoms with Crippen LogP contribution in [0.2, 0.25) is 0 Å². The first-order valence-electron chi connectivity index (χ1n) is 10.1. The molecule has 0 spiro atoms. The summed E-state index contributed by atoms with van der Waals surface area (Å²) in [6, 6.07) is 18.5. The average Bonchev–Trinajstić information content (AvgIpc) is 2.84. The van der Waals surface area contributed by atoms with Gasteiger partial charge >= 0.3 is 5.97 Å². The number of amides is 1. The third-order valence-electron chi connectivity index (χ3n) is 4.51. The Labute approximate surface area is 194 Å². The van der Waals surface area contributed by atoms with Crippen molar-refractivity contribution in [3.05, 3.63) is 94.0 Å². The molecule has 0 aliphatic rings. The normalized spacial score (nSPS) is 11.5. The van der Waals surface area contributed by atoms with Crippen LogP contribution >= 0.6 is 0 Å². The topological polar surface area (TPSA) is 129 Å². The summed E-state index contributed by atoms with van der Waals surface area (Å²) in [5.74, 6) is 0.206. The molecule has 3 aromatic rings. The van der Waals surface area contributed by atoms with Crippen molar-refractivity contribution in [2.75, 3.05) is 7.11 Å². The number of rotatable bonds is 9. The molecule has 174 valence electrons. The standard InChI is InChI=1S/C24H21N3O7/c1-16(33-21-12-8-19(9-13-21)27(30)31)23(28)26-25-15-17-4-3-5-22(14-17)34-24(29)18-6-10-20(32-2)11-7-18/h3-16H,1-2H3,(H,26,28)/b25-15-/t16-/m1/s1. The van der Waals surface area contributed by atoms with Crippen LogP contribution in [0.4, 0.5) is 5.69 Å². The van der Waals surface area contributed by atoms with E-state index in [1.54, 1.807) is 48.5 Å². The van der Waals surface area contributed by atoms with Crippen molar-refractivity contribution < 1.29 is 28.7 Å². The number of benzene rings is 3. The van der Waals surface area contributed by atoms with Crippen LogP contribution in [0.25, 0.3) is 0 Å². The van der Waals surface area contributed by atoms with Crippen LogP contribution < -0.4 is 19.6 Å². The van der Waals surface area contributed by atoms with Gasteiger partial charge in [0, 0.05) is 12.1 Å². The minimum atomic E-state index is -0.893. The molecule has 1 atom stereocenters. The molecule has 3 aromatic carbocycles. The van der Waals surface area contributed by atoms with Gasteiger partial charge in [-0.15, -0.1) is 0 Å². The Morgan fingerprint density at radius 3 is 2.32 bits per heavy atom. The quantitative estimate of drug-likeness (QED) is 0.168. The minimum absolute atomic E-state index is 0.0778. The maximum absolute atomic E-state index is 12.3. The molecule has 0 aromatic heterocycles. The van der Waals surface area contributed by atoms with Crippen molar-refractivity contribution in [3.8, 4) is 17.2 Å². The molecule has 0 saturated carbocycles. The molecule has 0 unspecified atom stereocenters. The van der Waals surface area contributed by atoms with Gasteiger partial charge in [0.2, 0.25) is 0 Å². The highest BCUT2D eigenvalue weighted by Gasteiger charge is 2.15. The highest BCUT2D eigenvalue weighted by atomic mass is 16.6. The number of esters is 1. The number of ether oxygens (including phenoxy) is 3. The highest BCUT2D eigenvalue weighted by Crippen LogP contribution is 2.19. The van der Waals surface area contributed by atoms with E-state index in [9.17, 15) is 19.7 Å². The number of nitro groups is 1. The SMILES string of the molecule is COc1ccc(C(=O)Oc2cccc(/C=N\NC(=O)[C@@H](C)Oc3ccc([N+](=O)[O-])cc3)c2)cc1. The van der Waals surface area contributed by atoms with Gasteiger partial charge in [0.25, 0.3) is 11.6 Å². The number of hydrogen-bond donors (Lipinski definition) is 1. The summed E-state index contributed by atoms with van der Waals surface area (Å²) >= 11 is 0. The lowest BCUT2D eigenvalue weighted by atomic mass is 10.2. The van der Waals surface area contributed by atoms with Crippen molar-refractivity contribution in [2.24, 2.45) is 5.10 Å². The van der Waals surface area contributed by atoms with Crippen molar-refractivity contribution in [1.29, 1.82) is 0 Å². The molecular weight excluding hydrogens is 442 g/mol. The number of non-ortho nitro benzene ring substituents is 1. The Bertz CT molecular complexity index is 1190. The fourth-order valence-corrected chi connectivity index (χ4v) is 2.72. The molecule has 1 N–H and O–H groups in total. The van der Waals surface area contributed by atoms with Crippen LogP contribution in [0.5, 0.6) is 17.2 Å². The van der Waals surface area contributed by atoms with Gasteiger partial charge in [-0.05, 0) is 61.0 Å². The van der Waals surface area contributed by atoms with E-state index in [1.807, 2.05) is 0 Å². The molecular formula is C24H21N3O7. The van der Waals surface area contributed by atoms with Gasteiger partial charge in [-0.25, -0.2) is 10.2 Å². The van der Waals surface area contributed by atoms with E-state index < -0.39 is 22.9 Å². The largest absolute Gasteiger partial charge is 0.497 e. The molecule has 0 saturated heterocycles. The number of nitro benzene ring substituents is 1. The van der Waals surface area contributed by atoms with E-state index in [4.69, 9.17) is 14.2 Å². The molecule has 10 nitrogen and oxygen atoms in total. The molecule has 34 heavy (non-hydrogen) atoms. The fraction of sp³-hybridized carbons (Fsp3) is 0.125. The average molecular weight is 463 g/mol. The lowest BCUT2D eigenvalue weighted by molar-refractivity contribution is -0.384. The number of methoxy groups -OCH3 is 1. The monoisotopic (exact) mass is 463 g/mol. The van der Waals surface area contributed by atoms with Gasteiger partial charge in [-0.1, -0.05) is 12.1 Å². The molecule has 0 aliphatic heterocycles. The van der Waals surface area contributed by atoms with E-state index >= 15 is 0 Å². The second-order valence-corrected chi connectivity index (χ2v) is 6.94. The first-order valence-corrected chi connectivity index (χ1v) is 10.1. The number of carbonyl (C=O) groups excluding carboxylic acids is 2. The highest BCUT2D eigenvalue weighted by molar-refractivity contribution is 5.91. The number of nitrogens with one attached hydrogen (secondary N) is 1. The van der Waals surface area contributed by atoms with E-state index in [2.05, 4.69) is 10.5 Å². The number of carbonyl (C=O) groups is 2. The zero-order valence-electron chi connectivity index (χ0n) is 18.3. The van der Waals surface area contributed by atoms with E-state index in [-0.39, 0.29) is 5.69 Å². The first kappa shape index (κ1) is 23.9. The fourth-order valence-electron chi connectivity index (χ4n) is 2.72. The van der Waals surface area contributed by atoms with Crippen LogP contribution in [0, 0.1) is 10.1 Å². The molecule has 10 heteroatoms. The predicted octanol–water partition coefficient (Wildman–Crippen LogP) is 3.74. The van der Waals surface area contributed by atoms with Gasteiger partial charge in [0.15, 0.2) is 6.10 Å². The lowest BCUT2D eigenvalue weighted by Gasteiger charge is -2.12. The molecule has 0 aliphatic carbocycles. The lowest BCUT2D eigenvalue weighted by Crippen LogP contribution is -2.33. The Hall–Kier alpha value is -4.73. The zero-order valence-corrected chi connectivity index (χ0v) is 18.3. The van der Waals surface area contributed by atoms with Crippen molar-refractivity contribution in [1.82, 2.24) is 5.43 Å². The van der Waals surface area contributed by atoms with Crippen molar-refractivity contribution in [3.63, 3.8) is 0 Å². The zero-order chi connectivity index (χ0) is 24.5. The smallest absolute Gasteiger partial charge is 0.343 e. The van der Waals surface area contributed by atoms with Gasteiger partial charge in [-0.3, -0.25) is 14.9 Å². The molecule has 0 bridgehead atoms. The number of hydrazone groups is 1. The summed E-state index contributed by atoms with van der Waals surface area (Å²) in [4.78, 5) is 34.7. The maximum Gasteiger partial charge on any atom is 0.343 e. The van der Waals surface area contributed by atoms with Gasteiger partial charge in [-0.2, -0.15) is 5.10 Å². The molecule has 1 amide bonds. The van der Waals surface area contributed by atoms with Gasteiger partial charge in [0.05, 0.1) is 23.8 Å². The van der Waals surface area contributed by atoms with Crippen molar-refractivity contribution >= 4 is 23.8 Å². The first-order chi connectivity index (χ1) is 16.4. The molecule has 3 rings (SSSR count). The van der Waals surface area contributed by atoms with Crippen LogP contribution in [0.15, 0.2) is 77.9 Å². The van der Waals surface area contributed by atoms with Crippen LogP contribution in [0.3, 0.4) is 0 Å². The summed E-state index contributed by atoms with van der Waals surface area (Å²) in [5, 5.41) is 14.6. The Morgan fingerprint density at radius 1 is 1.00 bits per heavy atom. The van der Waals surface area contributed by atoms with Crippen molar-refractivity contribution in [2.45, 2.75) is 13.0 Å². The van der Waals surface area contributed by atoms with Gasteiger partial charge in [0.1, 0.15) is 17.2 Å². The van der Waals surface area contributed by atoms with Crippen LogP contribution in [-0.2, 0) is 4.79 Å².